The molecule has 1 saturated carbocycles. The third-order valence-corrected chi connectivity index (χ3v) is 4.82. The standard InChI is InChI=1S/C18H25N3O3.ClH/c1-18(11-19)7-8-21(12-18)16(22)10-24-15-4-2-3-14(9-15)20-17(23)13-5-6-13;/h2-4,9,13H,5-8,10-12,19H2,1H3,(H,20,23);1H. The zero-order valence-corrected chi connectivity index (χ0v) is 15.3. The molecule has 1 unspecified atom stereocenters. The van der Waals surface area contributed by atoms with Gasteiger partial charge in [0.2, 0.25) is 5.91 Å². The fraction of sp³-hybridized carbons (Fsp3) is 0.556. The lowest BCUT2D eigenvalue weighted by molar-refractivity contribution is -0.132. The number of rotatable bonds is 6. The molecule has 1 aliphatic carbocycles. The average molecular weight is 368 g/mol. The summed E-state index contributed by atoms with van der Waals surface area (Å²) in [5, 5.41) is 2.88. The smallest absolute Gasteiger partial charge is 0.260 e. The van der Waals surface area contributed by atoms with Crippen molar-refractivity contribution in [2.75, 3.05) is 31.6 Å². The molecule has 1 heterocycles. The van der Waals surface area contributed by atoms with Crippen molar-refractivity contribution in [3.05, 3.63) is 24.3 Å². The Balaban J connectivity index is 0.00000225. The van der Waals surface area contributed by atoms with E-state index in [2.05, 4.69) is 12.2 Å². The molecule has 25 heavy (non-hydrogen) atoms. The first-order chi connectivity index (χ1) is 11.5. The Morgan fingerprint density at radius 3 is 2.80 bits per heavy atom. The number of nitrogens with zero attached hydrogens (tertiary/aromatic N) is 1. The predicted octanol–water partition coefficient (Wildman–Crippen LogP) is 2.03. The third kappa shape index (κ3) is 5.09. The van der Waals surface area contributed by atoms with Crippen molar-refractivity contribution in [2.45, 2.75) is 26.2 Å². The topological polar surface area (TPSA) is 84.7 Å². The molecule has 2 aliphatic rings. The van der Waals surface area contributed by atoms with Gasteiger partial charge in [0, 0.05) is 30.8 Å². The minimum Gasteiger partial charge on any atom is -0.484 e. The molecule has 2 fully saturated rings. The number of hydrogen-bond donors (Lipinski definition) is 2. The predicted molar refractivity (Wildman–Crippen MR) is 98.9 cm³/mol. The fourth-order valence-corrected chi connectivity index (χ4v) is 2.89. The number of amides is 2. The zero-order valence-electron chi connectivity index (χ0n) is 14.5. The van der Waals surface area contributed by atoms with Crippen molar-refractivity contribution < 1.29 is 14.3 Å². The van der Waals surface area contributed by atoms with Gasteiger partial charge < -0.3 is 20.7 Å². The Morgan fingerprint density at radius 2 is 2.16 bits per heavy atom. The molecule has 0 bridgehead atoms. The summed E-state index contributed by atoms with van der Waals surface area (Å²) in [4.78, 5) is 25.9. The Kier molecular flexibility index (Phi) is 6.30. The van der Waals surface area contributed by atoms with Gasteiger partial charge in [-0.3, -0.25) is 9.59 Å². The molecular formula is C18H26ClN3O3. The van der Waals surface area contributed by atoms with Gasteiger partial charge in [-0.05, 0) is 43.4 Å². The van der Waals surface area contributed by atoms with Crippen molar-refractivity contribution >= 4 is 29.9 Å². The first-order valence-corrected chi connectivity index (χ1v) is 8.51. The van der Waals surface area contributed by atoms with E-state index in [1.54, 1.807) is 12.1 Å². The second kappa shape index (κ2) is 8.06. The van der Waals surface area contributed by atoms with Crippen LogP contribution in [0.1, 0.15) is 26.2 Å². The highest BCUT2D eigenvalue weighted by Gasteiger charge is 2.34. The molecule has 6 nitrogen and oxygen atoms in total. The highest BCUT2D eigenvalue weighted by molar-refractivity contribution is 5.94. The van der Waals surface area contributed by atoms with Crippen molar-refractivity contribution in [1.82, 2.24) is 4.90 Å². The summed E-state index contributed by atoms with van der Waals surface area (Å²) < 4.78 is 5.61. The van der Waals surface area contributed by atoms with E-state index < -0.39 is 0 Å². The molecular weight excluding hydrogens is 342 g/mol. The minimum atomic E-state index is -0.0282. The van der Waals surface area contributed by atoms with Crippen molar-refractivity contribution in [2.24, 2.45) is 17.1 Å². The number of nitrogens with two attached hydrogens (primary N) is 1. The Bertz CT molecular complexity index is 636. The summed E-state index contributed by atoms with van der Waals surface area (Å²) >= 11 is 0. The van der Waals surface area contributed by atoms with Gasteiger partial charge in [-0.15, -0.1) is 12.4 Å². The van der Waals surface area contributed by atoms with E-state index in [9.17, 15) is 9.59 Å². The molecule has 0 spiro atoms. The van der Waals surface area contributed by atoms with Crippen LogP contribution < -0.4 is 15.8 Å². The Morgan fingerprint density at radius 1 is 1.40 bits per heavy atom. The van der Waals surface area contributed by atoms with Crippen LogP contribution in [0.5, 0.6) is 5.75 Å². The van der Waals surface area contributed by atoms with Crippen LogP contribution in [0.3, 0.4) is 0 Å². The summed E-state index contributed by atoms with van der Waals surface area (Å²) in [6, 6.07) is 7.17. The van der Waals surface area contributed by atoms with Gasteiger partial charge in [0.05, 0.1) is 0 Å². The number of likely N-dealkylation sites (tertiary alicyclic amines) is 1. The highest BCUT2D eigenvalue weighted by atomic mass is 35.5. The van der Waals surface area contributed by atoms with E-state index in [1.165, 1.54) is 0 Å². The SMILES string of the molecule is CC1(CN)CCN(C(=O)COc2cccc(NC(=O)C3CC3)c2)C1.Cl. The molecule has 1 aromatic rings. The number of nitrogens with one attached hydrogen (secondary N) is 1. The number of carbonyl (C=O) groups is 2. The largest absolute Gasteiger partial charge is 0.484 e. The van der Waals surface area contributed by atoms with Crippen LogP contribution in [-0.2, 0) is 9.59 Å². The van der Waals surface area contributed by atoms with Crippen LogP contribution in [0.25, 0.3) is 0 Å². The van der Waals surface area contributed by atoms with Gasteiger partial charge in [0.1, 0.15) is 5.75 Å². The number of anilines is 1. The third-order valence-electron chi connectivity index (χ3n) is 4.82. The van der Waals surface area contributed by atoms with Gasteiger partial charge in [0.25, 0.3) is 5.91 Å². The van der Waals surface area contributed by atoms with Crippen LogP contribution in [-0.4, -0.2) is 43.0 Å². The maximum Gasteiger partial charge on any atom is 0.260 e. The molecule has 3 N–H and O–H groups in total. The van der Waals surface area contributed by atoms with Gasteiger partial charge in [-0.25, -0.2) is 0 Å². The number of halogens is 1. The van der Waals surface area contributed by atoms with Crippen molar-refractivity contribution in [3.8, 4) is 5.75 Å². The lowest BCUT2D eigenvalue weighted by Gasteiger charge is -2.22. The lowest BCUT2D eigenvalue weighted by Crippen LogP contribution is -2.36. The van der Waals surface area contributed by atoms with E-state index >= 15 is 0 Å². The van der Waals surface area contributed by atoms with E-state index in [0.717, 1.165) is 25.8 Å². The van der Waals surface area contributed by atoms with Crippen molar-refractivity contribution in [1.29, 1.82) is 0 Å². The van der Waals surface area contributed by atoms with Gasteiger partial charge in [-0.2, -0.15) is 0 Å². The summed E-state index contributed by atoms with van der Waals surface area (Å²) in [5.41, 5.74) is 6.49. The Labute approximate surface area is 154 Å². The zero-order chi connectivity index (χ0) is 17.2. The molecule has 1 atom stereocenters. The maximum atomic E-state index is 12.3. The van der Waals surface area contributed by atoms with Gasteiger partial charge in [-0.1, -0.05) is 13.0 Å². The summed E-state index contributed by atoms with van der Waals surface area (Å²) in [5.74, 6) is 0.766. The van der Waals surface area contributed by atoms with E-state index in [-0.39, 0.29) is 42.2 Å². The minimum absolute atomic E-state index is 0. The van der Waals surface area contributed by atoms with E-state index in [0.29, 0.717) is 24.5 Å². The maximum absolute atomic E-state index is 12.3. The Hall–Kier alpha value is -1.79. The summed E-state index contributed by atoms with van der Waals surface area (Å²) in [7, 11) is 0. The number of ether oxygens (including phenoxy) is 1. The molecule has 3 rings (SSSR count). The van der Waals surface area contributed by atoms with Crippen LogP contribution >= 0.6 is 12.4 Å². The molecule has 7 heteroatoms. The van der Waals surface area contributed by atoms with Gasteiger partial charge in [0.15, 0.2) is 6.61 Å². The fourth-order valence-electron chi connectivity index (χ4n) is 2.89. The number of carbonyl (C=O) groups excluding carboxylic acids is 2. The molecule has 138 valence electrons. The second-order valence-electron chi connectivity index (χ2n) is 7.16. The average Bonchev–Trinajstić information content (AvgIpc) is 3.36. The molecule has 2 amide bonds. The molecule has 0 aromatic heterocycles. The molecule has 0 radical (unpaired) electrons. The quantitative estimate of drug-likeness (QED) is 0.805. The summed E-state index contributed by atoms with van der Waals surface area (Å²) in [6.07, 6.45) is 2.86. The monoisotopic (exact) mass is 367 g/mol. The molecule has 1 aliphatic heterocycles. The van der Waals surface area contributed by atoms with Crippen LogP contribution in [0.15, 0.2) is 24.3 Å². The van der Waals surface area contributed by atoms with Crippen molar-refractivity contribution in [3.63, 3.8) is 0 Å². The van der Waals surface area contributed by atoms with Crippen LogP contribution in [0, 0.1) is 11.3 Å². The molecule has 1 aromatic carbocycles. The van der Waals surface area contributed by atoms with E-state index in [1.807, 2.05) is 17.0 Å². The number of benzene rings is 1. The normalized spacial score (nSPS) is 22.2. The van der Waals surface area contributed by atoms with Gasteiger partial charge >= 0.3 is 0 Å². The molecule has 1 saturated heterocycles. The summed E-state index contributed by atoms with van der Waals surface area (Å²) in [6.45, 7) is 4.10. The number of hydrogen-bond acceptors (Lipinski definition) is 4. The lowest BCUT2D eigenvalue weighted by atomic mass is 9.90. The first kappa shape index (κ1) is 19.5. The van der Waals surface area contributed by atoms with Crippen LogP contribution in [0.2, 0.25) is 0 Å². The highest BCUT2D eigenvalue weighted by Crippen LogP contribution is 2.31. The first-order valence-electron chi connectivity index (χ1n) is 8.51. The van der Waals surface area contributed by atoms with Crippen LogP contribution in [0.4, 0.5) is 5.69 Å². The van der Waals surface area contributed by atoms with E-state index in [4.69, 9.17) is 10.5 Å². The second-order valence-corrected chi connectivity index (χ2v) is 7.16.